The number of hydrogen-bond donors (Lipinski definition) is 1. The molecule has 1 heterocycles. The normalized spacial score (nSPS) is 23.3. The lowest BCUT2D eigenvalue weighted by Crippen LogP contribution is -2.32. The first-order valence-electron chi connectivity index (χ1n) is 5.89. The van der Waals surface area contributed by atoms with Crippen LogP contribution in [-0.2, 0) is 5.75 Å². The van der Waals surface area contributed by atoms with E-state index >= 15 is 0 Å². The van der Waals surface area contributed by atoms with E-state index in [4.69, 9.17) is 4.74 Å². The second kappa shape index (κ2) is 5.27. The zero-order valence-corrected chi connectivity index (χ0v) is 11.2. The summed E-state index contributed by atoms with van der Waals surface area (Å²) in [5.74, 6) is 0.864. The fourth-order valence-electron chi connectivity index (χ4n) is 2.27. The molecule has 0 radical (unpaired) electrons. The summed E-state index contributed by atoms with van der Waals surface area (Å²) in [5, 5.41) is 3.89. The average molecular weight is 255 g/mol. The van der Waals surface area contributed by atoms with E-state index in [2.05, 4.69) is 19.2 Å². The Hall–Kier alpha value is -0.740. The van der Waals surface area contributed by atoms with Crippen LogP contribution >= 0.6 is 11.8 Å². The highest BCUT2D eigenvalue weighted by Crippen LogP contribution is 2.40. The van der Waals surface area contributed by atoms with Gasteiger partial charge >= 0.3 is 0 Å². The number of nitrogens with one attached hydrogen (secondary N) is 1. The maximum Gasteiger partial charge on any atom is 0.169 e. The minimum absolute atomic E-state index is 0.202. The first-order valence-corrected chi connectivity index (χ1v) is 6.94. The number of rotatable bonds is 3. The predicted molar refractivity (Wildman–Crippen MR) is 70.1 cm³/mol. The lowest BCUT2D eigenvalue weighted by molar-refractivity contribution is 0.383. The van der Waals surface area contributed by atoms with Crippen molar-refractivity contribution in [3.05, 3.63) is 29.1 Å². The van der Waals surface area contributed by atoms with E-state index in [0.29, 0.717) is 11.0 Å². The van der Waals surface area contributed by atoms with E-state index in [0.717, 1.165) is 23.4 Å². The number of halogens is 1. The lowest BCUT2D eigenvalue weighted by Gasteiger charge is -2.32. The molecule has 1 aromatic rings. The smallest absolute Gasteiger partial charge is 0.169 e. The summed E-state index contributed by atoms with van der Waals surface area (Å²) in [7, 11) is 1.51. The van der Waals surface area contributed by atoms with E-state index in [-0.39, 0.29) is 11.9 Å². The molecule has 2 rings (SSSR count). The molecule has 17 heavy (non-hydrogen) atoms. The standard InChI is InChI=1S/C13H18FNOS/c1-4-15-13-8(2)17-7-10-9(13)5-6-11(16-3)12(10)14/h5-6,8,13,15H,4,7H2,1-3H3. The number of thioether (sulfide) groups is 1. The Kier molecular flexibility index (Phi) is 3.94. The molecule has 2 nitrogen and oxygen atoms in total. The van der Waals surface area contributed by atoms with Gasteiger partial charge in [0.1, 0.15) is 0 Å². The van der Waals surface area contributed by atoms with Crippen LogP contribution in [0.5, 0.6) is 5.75 Å². The molecule has 4 heteroatoms. The number of ether oxygens (including phenoxy) is 1. The van der Waals surface area contributed by atoms with Gasteiger partial charge < -0.3 is 10.1 Å². The first kappa shape index (κ1) is 12.7. The van der Waals surface area contributed by atoms with Crippen LogP contribution in [0.15, 0.2) is 12.1 Å². The molecule has 0 aromatic heterocycles. The highest BCUT2D eigenvalue weighted by molar-refractivity contribution is 7.99. The van der Waals surface area contributed by atoms with Gasteiger partial charge in [-0.2, -0.15) is 11.8 Å². The molecule has 2 atom stereocenters. The van der Waals surface area contributed by atoms with Crippen molar-refractivity contribution < 1.29 is 9.13 Å². The van der Waals surface area contributed by atoms with Gasteiger partial charge in [-0.05, 0) is 18.2 Å². The summed E-state index contributed by atoms with van der Waals surface area (Å²) in [6.45, 7) is 5.15. The van der Waals surface area contributed by atoms with Crippen molar-refractivity contribution in [3.63, 3.8) is 0 Å². The molecule has 0 spiro atoms. The van der Waals surface area contributed by atoms with E-state index < -0.39 is 0 Å². The molecule has 0 fully saturated rings. The lowest BCUT2D eigenvalue weighted by atomic mass is 9.97. The van der Waals surface area contributed by atoms with E-state index in [1.54, 1.807) is 17.8 Å². The molecule has 2 unspecified atom stereocenters. The second-order valence-corrected chi connectivity index (χ2v) is 5.57. The summed E-state index contributed by atoms with van der Waals surface area (Å²) in [5.41, 5.74) is 1.87. The number of hydrogen-bond acceptors (Lipinski definition) is 3. The molecule has 1 aliphatic rings. The Balaban J connectivity index is 2.43. The highest BCUT2D eigenvalue weighted by atomic mass is 32.2. The molecule has 94 valence electrons. The van der Waals surface area contributed by atoms with Gasteiger partial charge in [0.15, 0.2) is 11.6 Å². The SMILES string of the molecule is CCNC1c2ccc(OC)c(F)c2CSC1C. The van der Waals surface area contributed by atoms with Crippen LogP contribution in [0.1, 0.15) is 31.0 Å². The van der Waals surface area contributed by atoms with Crippen molar-refractivity contribution >= 4 is 11.8 Å². The second-order valence-electron chi connectivity index (χ2n) is 4.20. The van der Waals surface area contributed by atoms with Gasteiger partial charge in [-0.3, -0.25) is 0 Å². The molecule has 1 N–H and O–H groups in total. The van der Waals surface area contributed by atoms with Crippen molar-refractivity contribution in [3.8, 4) is 5.75 Å². The third-order valence-corrected chi connectivity index (χ3v) is 4.44. The van der Waals surface area contributed by atoms with Gasteiger partial charge in [0.2, 0.25) is 0 Å². The monoisotopic (exact) mass is 255 g/mol. The fraction of sp³-hybridized carbons (Fsp3) is 0.538. The van der Waals surface area contributed by atoms with Crippen LogP contribution < -0.4 is 10.1 Å². The van der Waals surface area contributed by atoms with Crippen LogP contribution in [0.3, 0.4) is 0 Å². The molecule has 1 aromatic carbocycles. The van der Waals surface area contributed by atoms with Crippen molar-refractivity contribution in [2.24, 2.45) is 0 Å². The van der Waals surface area contributed by atoms with Crippen LogP contribution in [0, 0.1) is 5.82 Å². The van der Waals surface area contributed by atoms with Crippen molar-refractivity contribution in [2.75, 3.05) is 13.7 Å². The van der Waals surface area contributed by atoms with E-state index in [9.17, 15) is 4.39 Å². The number of fused-ring (bicyclic) bond motifs is 1. The third-order valence-electron chi connectivity index (χ3n) is 3.18. The molecule has 0 saturated carbocycles. The molecule has 0 aliphatic carbocycles. The first-order chi connectivity index (χ1) is 8.19. The largest absolute Gasteiger partial charge is 0.494 e. The van der Waals surface area contributed by atoms with Crippen LogP contribution in [0.25, 0.3) is 0 Å². The summed E-state index contributed by atoms with van der Waals surface area (Å²) in [6, 6.07) is 3.94. The van der Waals surface area contributed by atoms with E-state index in [1.165, 1.54) is 7.11 Å². The predicted octanol–water partition coefficient (Wildman–Crippen LogP) is 3.12. The maximum atomic E-state index is 14.1. The summed E-state index contributed by atoms with van der Waals surface area (Å²) in [4.78, 5) is 0. The summed E-state index contributed by atoms with van der Waals surface area (Å²) >= 11 is 1.78. The average Bonchev–Trinajstić information content (AvgIpc) is 2.33. The Morgan fingerprint density at radius 2 is 2.29 bits per heavy atom. The van der Waals surface area contributed by atoms with Crippen molar-refractivity contribution in [2.45, 2.75) is 30.9 Å². The van der Waals surface area contributed by atoms with Crippen LogP contribution in [0.2, 0.25) is 0 Å². The summed E-state index contributed by atoms with van der Waals surface area (Å²) < 4.78 is 19.2. The van der Waals surface area contributed by atoms with Crippen molar-refractivity contribution in [1.29, 1.82) is 0 Å². The number of benzene rings is 1. The molecular formula is C13H18FNOS. The Morgan fingerprint density at radius 1 is 1.53 bits per heavy atom. The zero-order chi connectivity index (χ0) is 12.4. The van der Waals surface area contributed by atoms with Crippen molar-refractivity contribution in [1.82, 2.24) is 5.32 Å². The fourth-order valence-corrected chi connectivity index (χ4v) is 3.43. The maximum absolute atomic E-state index is 14.1. The van der Waals surface area contributed by atoms with Gasteiger partial charge in [-0.1, -0.05) is 19.9 Å². The van der Waals surface area contributed by atoms with Crippen LogP contribution in [-0.4, -0.2) is 18.9 Å². The minimum Gasteiger partial charge on any atom is -0.494 e. The van der Waals surface area contributed by atoms with Gasteiger partial charge in [-0.25, -0.2) is 4.39 Å². The van der Waals surface area contributed by atoms with E-state index in [1.807, 2.05) is 6.07 Å². The third kappa shape index (κ3) is 2.29. The number of methoxy groups -OCH3 is 1. The van der Waals surface area contributed by atoms with Crippen LogP contribution in [0.4, 0.5) is 4.39 Å². The van der Waals surface area contributed by atoms with Gasteiger partial charge in [0.05, 0.1) is 7.11 Å². The molecule has 0 saturated heterocycles. The molecule has 0 amide bonds. The highest BCUT2D eigenvalue weighted by Gasteiger charge is 2.29. The molecule has 1 aliphatic heterocycles. The zero-order valence-electron chi connectivity index (χ0n) is 10.4. The summed E-state index contributed by atoms with van der Waals surface area (Å²) in [6.07, 6.45) is 0. The van der Waals surface area contributed by atoms with Gasteiger partial charge in [0, 0.05) is 22.6 Å². The Morgan fingerprint density at radius 3 is 2.94 bits per heavy atom. The molecular weight excluding hydrogens is 237 g/mol. The Labute approximate surface area is 106 Å². The quantitative estimate of drug-likeness (QED) is 0.896. The Bertz CT molecular complexity index is 411. The molecule has 0 bridgehead atoms. The minimum atomic E-state index is -0.202. The van der Waals surface area contributed by atoms with Gasteiger partial charge in [0.25, 0.3) is 0 Å². The van der Waals surface area contributed by atoms with Gasteiger partial charge in [-0.15, -0.1) is 0 Å². The topological polar surface area (TPSA) is 21.3 Å².